The first-order valence-electron chi connectivity index (χ1n) is 6.94. The molecule has 1 aromatic rings. The average molecular weight is 266 g/mol. The number of hydrogen-bond donors (Lipinski definition) is 1. The summed E-state index contributed by atoms with van der Waals surface area (Å²) in [7, 11) is 0. The molecule has 1 heterocycles. The second-order valence-corrected chi connectivity index (χ2v) is 6.06. The summed E-state index contributed by atoms with van der Waals surface area (Å²) in [5.74, 6) is 0. The second-order valence-electron chi connectivity index (χ2n) is 4.89. The maximum Gasteiger partial charge on any atom is 0.0953 e. The number of aromatic nitrogens is 1. The van der Waals surface area contributed by atoms with Crippen LogP contribution in [0.4, 0.5) is 0 Å². The number of rotatable bonds is 7. The SMILES string of the molecule is C/C=C\c1nc(CC(C)(CC)NCC)sc1CC. The van der Waals surface area contributed by atoms with E-state index >= 15 is 0 Å². The number of thiazole rings is 1. The van der Waals surface area contributed by atoms with Crippen LogP contribution >= 0.6 is 11.3 Å². The average Bonchev–Trinajstić information content (AvgIpc) is 2.72. The number of likely N-dealkylation sites (N-methyl/N-ethyl adjacent to an activating group) is 1. The topological polar surface area (TPSA) is 24.9 Å². The van der Waals surface area contributed by atoms with Gasteiger partial charge in [-0.05, 0) is 39.3 Å². The van der Waals surface area contributed by atoms with Gasteiger partial charge in [-0.1, -0.05) is 26.8 Å². The van der Waals surface area contributed by atoms with Crippen molar-refractivity contribution in [2.75, 3.05) is 6.54 Å². The second kappa shape index (κ2) is 7.05. The smallest absolute Gasteiger partial charge is 0.0953 e. The fourth-order valence-corrected chi connectivity index (χ4v) is 3.29. The van der Waals surface area contributed by atoms with Crippen LogP contribution in [-0.4, -0.2) is 17.1 Å². The van der Waals surface area contributed by atoms with Crippen molar-refractivity contribution in [2.45, 2.75) is 59.4 Å². The highest BCUT2D eigenvalue weighted by atomic mass is 32.1. The van der Waals surface area contributed by atoms with Crippen molar-refractivity contribution in [1.29, 1.82) is 0 Å². The maximum absolute atomic E-state index is 4.78. The molecule has 1 N–H and O–H groups in total. The Balaban J connectivity index is 2.90. The van der Waals surface area contributed by atoms with E-state index in [0.717, 1.165) is 31.5 Å². The van der Waals surface area contributed by atoms with E-state index in [1.54, 1.807) is 0 Å². The van der Waals surface area contributed by atoms with E-state index in [4.69, 9.17) is 4.98 Å². The summed E-state index contributed by atoms with van der Waals surface area (Å²) in [6.45, 7) is 12.0. The quantitative estimate of drug-likeness (QED) is 0.805. The number of hydrogen-bond acceptors (Lipinski definition) is 3. The summed E-state index contributed by atoms with van der Waals surface area (Å²) in [5.41, 5.74) is 1.33. The summed E-state index contributed by atoms with van der Waals surface area (Å²) < 4.78 is 0. The summed E-state index contributed by atoms with van der Waals surface area (Å²) in [6.07, 6.45) is 7.41. The molecule has 2 nitrogen and oxygen atoms in total. The lowest BCUT2D eigenvalue weighted by Crippen LogP contribution is -2.43. The third-order valence-electron chi connectivity index (χ3n) is 3.34. The van der Waals surface area contributed by atoms with Crippen molar-refractivity contribution >= 4 is 17.4 Å². The molecule has 0 radical (unpaired) electrons. The van der Waals surface area contributed by atoms with Gasteiger partial charge < -0.3 is 5.32 Å². The number of allylic oxidation sites excluding steroid dienone is 1. The molecule has 0 aliphatic rings. The fourth-order valence-electron chi connectivity index (χ4n) is 2.10. The minimum atomic E-state index is 0.171. The number of nitrogens with one attached hydrogen (secondary N) is 1. The highest BCUT2D eigenvalue weighted by Crippen LogP contribution is 2.25. The zero-order valence-electron chi connectivity index (χ0n) is 12.3. The van der Waals surface area contributed by atoms with E-state index in [9.17, 15) is 0 Å². The first kappa shape index (κ1) is 15.4. The van der Waals surface area contributed by atoms with Crippen LogP contribution in [0.2, 0.25) is 0 Å². The zero-order chi connectivity index (χ0) is 13.6. The molecule has 0 saturated heterocycles. The predicted octanol–water partition coefficient (Wildman–Crippen LogP) is 4.06. The molecule has 0 saturated carbocycles. The maximum atomic E-state index is 4.78. The van der Waals surface area contributed by atoms with Gasteiger partial charge in [-0.3, -0.25) is 0 Å². The van der Waals surface area contributed by atoms with E-state index in [1.807, 2.05) is 18.3 Å². The fraction of sp³-hybridized carbons (Fsp3) is 0.667. The van der Waals surface area contributed by atoms with Gasteiger partial charge in [-0.25, -0.2) is 4.98 Å². The lowest BCUT2D eigenvalue weighted by atomic mass is 9.95. The third-order valence-corrected chi connectivity index (χ3v) is 4.56. The monoisotopic (exact) mass is 266 g/mol. The molecule has 1 unspecified atom stereocenters. The van der Waals surface area contributed by atoms with Crippen LogP contribution in [0.3, 0.4) is 0 Å². The van der Waals surface area contributed by atoms with E-state index in [0.29, 0.717) is 0 Å². The molecule has 102 valence electrons. The molecule has 0 bridgehead atoms. The summed E-state index contributed by atoms with van der Waals surface area (Å²) in [5, 5.41) is 4.84. The van der Waals surface area contributed by atoms with Gasteiger partial charge in [-0.15, -0.1) is 11.3 Å². The van der Waals surface area contributed by atoms with Crippen LogP contribution in [-0.2, 0) is 12.8 Å². The summed E-state index contributed by atoms with van der Waals surface area (Å²) in [4.78, 5) is 6.18. The van der Waals surface area contributed by atoms with E-state index in [1.165, 1.54) is 9.88 Å². The van der Waals surface area contributed by atoms with Crippen LogP contribution in [0.1, 0.15) is 56.6 Å². The lowest BCUT2D eigenvalue weighted by Gasteiger charge is -2.28. The van der Waals surface area contributed by atoms with Crippen LogP contribution in [0.25, 0.3) is 6.08 Å². The minimum Gasteiger partial charge on any atom is -0.311 e. The molecule has 1 rings (SSSR count). The molecule has 0 amide bonds. The van der Waals surface area contributed by atoms with Crippen molar-refractivity contribution in [3.63, 3.8) is 0 Å². The highest BCUT2D eigenvalue weighted by Gasteiger charge is 2.23. The van der Waals surface area contributed by atoms with Gasteiger partial charge in [0.2, 0.25) is 0 Å². The van der Waals surface area contributed by atoms with Gasteiger partial charge in [0.1, 0.15) is 0 Å². The molecule has 3 heteroatoms. The molecule has 1 atom stereocenters. The molecular weight excluding hydrogens is 240 g/mol. The predicted molar refractivity (Wildman–Crippen MR) is 82.3 cm³/mol. The molecule has 1 aromatic heterocycles. The third kappa shape index (κ3) is 3.92. The van der Waals surface area contributed by atoms with Crippen molar-refractivity contribution in [2.24, 2.45) is 0 Å². The Morgan fingerprint density at radius 3 is 2.56 bits per heavy atom. The van der Waals surface area contributed by atoms with Crippen molar-refractivity contribution in [3.05, 3.63) is 21.7 Å². The Hall–Kier alpha value is -0.670. The van der Waals surface area contributed by atoms with Gasteiger partial charge in [0.15, 0.2) is 0 Å². The Morgan fingerprint density at radius 1 is 1.33 bits per heavy atom. The minimum absolute atomic E-state index is 0.171. The lowest BCUT2D eigenvalue weighted by molar-refractivity contribution is 0.348. The standard InChI is InChI=1S/C15H26N2S/c1-6-10-12-13(7-2)18-14(17-12)11-15(5,8-3)16-9-4/h6,10,16H,7-9,11H2,1-5H3/b10-6-. The highest BCUT2D eigenvalue weighted by molar-refractivity contribution is 7.11. The van der Waals surface area contributed by atoms with Gasteiger partial charge in [0.05, 0.1) is 10.7 Å². The van der Waals surface area contributed by atoms with Crippen molar-refractivity contribution in [1.82, 2.24) is 10.3 Å². The van der Waals surface area contributed by atoms with E-state index in [2.05, 4.69) is 45.2 Å². The largest absolute Gasteiger partial charge is 0.311 e. The van der Waals surface area contributed by atoms with Gasteiger partial charge in [-0.2, -0.15) is 0 Å². The Kier molecular flexibility index (Phi) is 6.03. The van der Waals surface area contributed by atoms with Crippen molar-refractivity contribution < 1.29 is 0 Å². The normalized spacial score (nSPS) is 15.2. The molecule has 0 aromatic carbocycles. The number of aryl methyl sites for hydroxylation is 1. The Bertz CT molecular complexity index is 395. The van der Waals surface area contributed by atoms with Crippen LogP contribution in [0.15, 0.2) is 6.08 Å². The summed E-state index contributed by atoms with van der Waals surface area (Å²) in [6, 6.07) is 0. The summed E-state index contributed by atoms with van der Waals surface area (Å²) >= 11 is 1.87. The zero-order valence-corrected chi connectivity index (χ0v) is 13.2. The van der Waals surface area contributed by atoms with Crippen molar-refractivity contribution in [3.8, 4) is 0 Å². The van der Waals surface area contributed by atoms with E-state index < -0.39 is 0 Å². The molecule has 0 spiro atoms. The molecule has 0 aliphatic carbocycles. The molecule has 0 fully saturated rings. The van der Waals surface area contributed by atoms with Crippen LogP contribution in [0, 0.1) is 0 Å². The molecule has 18 heavy (non-hydrogen) atoms. The first-order valence-corrected chi connectivity index (χ1v) is 7.76. The van der Waals surface area contributed by atoms with Gasteiger partial charge in [0, 0.05) is 16.8 Å². The van der Waals surface area contributed by atoms with Gasteiger partial charge in [0.25, 0.3) is 0 Å². The molecule has 0 aliphatic heterocycles. The van der Waals surface area contributed by atoms with Crippen LogP contribution in [0.5, 0.6) is 0 Å². The number of nitrogens with zero attached hydrogens (tertiary/aromatic N) is 1. The van der Waals surface area contributed by atoms with Crippen LogP contribution < -0.4 is 5.32 Å². The Labute approximate surface area is 116 Å². The Morgan fingerprint density at radius 2 is 2.06 bits per heavy atom. The van der Waals surface area contributed by atoms with Gasteiger partial charge >= 0.3 is 0 Å². The first-order chi connectivity index (χ1) is 8.58. The molecular formula is C15H26N2S. The van der Waals surface area contributed by atoms with E-state index in [-0.39, 0.29) is 5.54 Å².